The SMILES string of the molecule is CCN(Cc1cccc(C)n1)c1ccc([N+](=O)[O-])cc1N. The van der Waals surface area contributed by atoms with Crippen molar-refractivity contribution in [2.75, 3.05) is 17.2 Å². The molecule has 0 saturated carbocycles. The van der Waals surface area contributed by atoms with E-state index in [1.54, 1.807) is 6.07 Å². The molecule has 0 aliphatic carbocycles. The zero-order valence-electron chi connectivity index (χ0n) is 12.1. The number of hydrogen-bond acceptors (Lipinski definition) is 5. The number of nitrogen functional groups attached to an aromatic ring is 1. The Balaban J connectivity index is 2.27. The topological polar surface area (TPSA) is 85.3 Å². The number of nitro benzene ring substituents is 1. The number of anilines is 2. The zero-order valence-corrected chi connectivity index (χ0v) is 12.1. The molecule has 2 N–H and O–H groups in total. The molecular formula is C15H18N4O2. The number of non-ortho nitro benzene ring substituents is 1. The zero-order chi connectivity index (χ0) is 15.4. The molecule has 0 aliphatic heterocycles. The minimum atomic E-state index is -0.446. The fourth-order valence-electron chi connectivity index (χ4n) is 2.19. The molecule has 1 heterocycles. The van der Waals surface area contributed by atoms with Crippen LogP contribution in [0.15, 0.2) is 36.4 Å². The van der Waals surface area contributed by atoms with Gasteiger partial charge in [0.2, 0.25) is 0 Å². The molecule has 0 saturated heterocycles. The van der Waals surface area contributed by atoms with Gasteiger partial charge in [0, 0.05) is 24.4 Å². The van der Waals surface area contributed by atoms with Gasteiger partial charge in [-0.05, 0) is 32.0 Å². The third kappa shape index (κ3) is 3.47. The maximum Gasteiger partial charge on any atom is 0.271 e. The van der Waals surface area contributed by atoms with Gasteiger partial charge < -0.3 is 10.6 Å². The van der Waals surface area contributed by atoms with Crippen molar-refractivity contribution in [2.24, 2.45) is 0 Å². The van der Waals surface area contributed by atoms with Crippen molar-refractivity contribution in [3.8, 4) is 0 Å². The van der Waals surface area contributed by atoms with E-state index in [-0.39, 0.29) is 5.69 Å². The standard InChI is InChI=1S/C15H18N4O2/c1-3-18(10-12-6-4-5-11(2)17-12)15-8-7-13(19(20)21)9-14(15)16/h4-9H,3,10,16H2,1-2H3. The summed E-state index contributed by atoms with van der Waals surface area (Å²) in [5.41, 5.74) is 9.04. The molecule has 0 spiro atoms. The van der Waals surface area contributed by atoms with E-state index in [0.717, 1.165) is 23.6 Å². The van der Waals surface area contributed by atoms with Crippen LogP contribution in [0.25, 0.3) is 0 Å². The normalized spacial score (nSPS) is 10.4. The number of benzene rings is 1. The van der Waals surface area contributed by atoms with Crippen molar-refractivity contribution in [2.45, 2.75) is 20.4 Å². The van der Waals surface area contributed by atoms with Gasteiger partial charge in [0.15, 0.2) is 0 Å². The van der Waals surface area contributed by atoms with Gasteiger partial charge in [0.1, 0.15) is 0 Å². The van der Waals surface area contributed by atoms with Crippen LogP contribution in [0.4, 0.5) is 17.1 Å². The Morgan fingerprint density at radius 1 is 1.33 bits per heavy atom. The summed E-state index contributed by atoms with van der Waals surface area (Å²) >= 11 is 0. The van der Waals surface area contributed by atoms with E-state index in [2.05, 4.69) is 4.98 Å². The molecule has 21 heavy (non-hydrogen) atoms. The number of aryl methyl sites for hydroxylation is 1. The highest BCUT2D eigenvalue weighted by Crippen LogP contribution is 2.28. The van der Waals surface area contributed by atoms with Crippen LogP contribution < -0.4 is 10.6 Å². The fourth-order valence-corrected chi connectivity index (χ4v) is 2.19. The minimum Gasteiger partial charge on any atom is -0.397 e. The Labute approximate surface area is 123 Å². The first-order valence-corrected chi connectivity index (χ1v) is 6.72. The van der Waals surface area contributed by atoms with Crippen LogP contribution >= 0.6 is 0 Å². The Hall–Kier alpha value is -2.63. The van der Waals surface area contributed by atoms with E-state index in [1.807, 2.05) is 36.9 Å². The predicted molar refractivity (Wildman–Crippen MR) is 83.2 cm³/mol. The summed E-state index contributed by atoms with van der Waals surface area (Å²) in [5.74, 6) is 0. The number of hydrogen-bond donors (Lipinski definition) is 1. The predicted octanol–water partition coefficient (Wildman–Crippen LogP) is 2.91. The van der Waals surface area contributed by atoms with Crippen molar-refractivity contribution in [1.82, 2.24) is 4.98 Å². The number of aromatic nitrogens is 1. The second kappa shape index (κ2) is 6.21. The quantitative estimate of drug-likeness (QED) is 0.519. The highest BCUT2D eigenvalue weighted by atomic mass is 16.6. The van der Waals surface area contributed by atoms with Gasteiger partial charge in [-0.1, -0.05) is 6.07 Å². The van der Waals surface area contributed by atoms with E-state index in [0.29, 0.717) is 12.2 Å². The molecular weight excluding hydrogens is 268 g/mol. The highest BCUT2D eigenvalue weighted by molar-refractivity contribution is 5.70. The second-order valence-corrected chi connectivity index (χ2v) is 4.78. The molecule has 0 bridgehead atoms. The molecule has 110 valence electrons. The Bertz CT molecular complexity index is 658. The van der Waals surface area contributed by atoms with E-state index < -0.39 is 4.92 Å². The van der Waals surface area contributed by atoms with Crippen LogP contribution in [0.2, 0.25) is 0 Å². The van der Waals surface area contributed by atoms with Crippen molar-refractivity contribution in [3.63, 3.8) is 0 Å². The van der Waals surface area contributed by atoms with Crippen molar-refractivity contribution in [3.05, 3.63) is 57.9 Å². The molecule has 6 nitrogen and oxygen atoms in total. The van der Waals surface area contributed by atoms with E-state index in [1.165, 1.54) is 12.1 Å². The Morgan fingerprint density at radius 3 is 2.67 bits per heavy atom. The van der Waals surface area contributed by atoms with Crippen LogP contribution in [0, 0.1) is 17.0 Å². The molecule has 0 fully saturated rings. The summed E-state index contributed by atoms with van der Waals surface area (Å²) in [6.45, 7) is 5.30. The van der Waals surface area contributed by atoms with E-state index in [4.69, 9.17) is 5.73 Å². The maximum atomic E-state index is 10.8. The van der Waals surface area contributed by atoms with Gasteiger partial charge >= 0.3 is 0 Å². The molecule has 0 atom stereocenters. The smallest absolute Gasteiger partial charge is 0.271 e. The third-order valence-corrected chi connectivity index (χ3v) is 3.24. The largest absolute Gasteiger partial charge is 0.397 e. The lowest BCUT2D eigenvalue weighted by atomic mass is 10.2. The highest BCUT2D eigenvalue weighted by Gasteiger charge is 2.13. The van der Waals surface area contributed by atoms with Gasteiger partial charge in [-0.15, -0.1) is 0 Å². The average Bonchev–Trinajstić information content (AvgIpc) is 2.45. The molecule has 0 unspecified atom stereocenters. The number of nitrogens with zero attached hydrogens (tertiary/aromatic N) is 3. The molecule has 0 radical (unpaired) electrons. The van der Waals surface area contributed by atoms with Crippen molar-refractivity contribution < 1.29 is 4.92 Å². The summed E-state index contributed by atoms with van der Waals surface area (Å²) in [6.07, 6.45) is 0. The van der Waals surface area contributed by atoms with Gasteiger partial charge in [0.25, 0.3) is 5.69 Å². The number of nitro groups is 1. The lowest BCUT2D eigenvalue weighted by molar-refractivity contribution is -0.384. The summed E-state index contributed by atoms with van der Waals surface area (Å²) in [5, 5.41) is 10.8. The van der Waals surface area contributed by atoms with Crippen LogP contribution in [-0.2, 0) is 6.54 Å². The molecule has 1 aromatic heterocycles. The molecule has 6 heteroatoms. The van der Waals surface area contributed by atoms with Crippen LogP contribution in [0.3, 0.4) is 0 Å². The lowest BCUT2D eigenvalue weighted by Crippen LogP contribution is -2.23. The molecule has 0 aliphatic rings. The molecule has 2 aromatic rings. The molecule has 2 rings (SSSR count). The van der Waals surface area contributed by atoms with E-state index >= 15 is 0 Å². The Kier molecular flexibility index (Phi) is 4.37. The first-order valence-electron chi connectivity index (χ1n) is 6.72. The monoisotopic (exact) mass is 286 g/mol. The van der Waals surface area contributed by atoms with Gasteiger partial charge in [-0.2, -0.15) is 0 Å². The fraction of sp³-hybridized carbons (Fsp3) is 0.267. The van der Waals surface area contributed by atoms with Crippen LogP contribution in [0.5, 0.6) is 0 Å². The van der Waals surface area contributed by atoms with Crippen LogP contribution in [0.1, 0.15) is 18.3 Å². The van der Waals surface area contributed by atoms with Gasteiger partial charge in [-0.3, -0.25) is 15.1 Å². The third-order valence-electron chi connectivity index (χ3n) is 3.24. The minimum absolute atomic E-state index is 0.000911. The summed E-state index contributed by atoms with van der Waals surface area (Å²) in [7, 11) is 0. The summed E-state index contributed by atoms with van der Waals surface area (Å²) < 4.78 is 0. The van der Waals surface area contributed by atoms with Crippen molar-refractivity contribution in [1.29, 1.82) is 0 Å². The first-order chi connectivity index (χ1) is 10.0. The number of rotatable bonds is 5. The number of nitrogens with two attached hydrogens (primary N) is 1. The summed E-state index contributed by atoms with van der Waals surface area (Å²) in [4.78, 5) is 16.8. The van der Waals surface area contributed by atoms with E-state index in [9.17, 15) is 10.1 Å². The molecule has 0 amide bonds. The van der Waals surface area contributed by atoms with Crippen LogP contribution in [-0.4, -0.2) is 16.5 Å². The van der Waals surface area contributed by atoms with Gasteiger partial charge in [-0.25, -0.2) is 0 Å². The van der Waals surface area contributed by atoms with Crippen molar-refractivity contribution >= 4 is 17.1 Å². The number of pyridine rings is 1. The van der Waals surface area contributed by atoms with Gasteiger partial charge in [0.05, 0.1) is 28.5 Å². The first kappa shape index (κ1) is 14.8. The molecule has 1 aromatic carbocycles. The maximum absolute atomic E-state index is 10.8. The summed E-state index contributed by atoms with van der Waals surface area (Å²) in [6, 6.07) is 10.4. The average molecular weight is 286 g/mol. The Morgan fingerprint density at radius 2 is 2.10 bits per heavy atom. The lowest BCUT2D eigenvalue weighted by Gasteiger charge is -2.24. The second-order valence-electron chi connectivity index (χ2n) is 4.78.